The highest BCUT2D eigenvalue weighted by molar-refractivity contribution is 14.1. The van der Waals surface area contributed by atoms with Gasteiger partial charge in [-0.2, -0.15) is 0 Å². The minimum Gasteiger partial charge on any atom is -0.0823 e. The monoisotopic (exact) mass is 262 g/mol. The van der Waals surface area contributed by atoms with Crippen molar-refractivity contribution in [3.8, 4) is 0 Å². The summed E-state index contributed by atoms with van der Waals surface area (Å²) in [5, 5.41) is 0. The molecule has 0 heterocycles. The van der Waals surface area contributed by atoms with Crippen LogP contribution < -0.4 is 0 Å². The Balaban J connectivity index is 1.91. The summed E-state index contributed by atoms with van der Waals surface area (Å²) in [7, 11) is 0. The second-order valence-electron chi connectivity index (χ2n) is 4.67. The van der Waals surface area contributed by atoms with Crippen molar-refractivity contribution in [2.24, 2.45) is 23.7 Å². The van der Waals surface area contributed by atoms with Crippen molar-refractivity contribution in [3.05, 3.63) is 0 Å². The molecule has 5 atom stereocenters. The first kappa shape index (κ1) is 7.16. The molecule has 1 heteroatoms. The van der Waals surface area contributed by atoms with E-state index in [1.54, 1.807) is 32.1 Å². The molecule has 0 nitrogen and oxygen atoms in total. The third-order valence-corrected chi connectivity index (χ3v) is 5.58. The van der Waals surface area contributed by atoms with Gasteiger partial charge in [-0.25, -0.2) is 0 Å². The highest BCUT2D eigenvalue weighted by Gasteiger charge is 2.54. The van der Waals surface area contributed by atoms with E-state index in [-0.39, 0.29) is 0 Å². The maximum Gasteiger partial charge on any atom is 0.0143 e. The van der Waals surface area contributed by atoms with Crippen LogP contribution in [0, 0.1) is 23.7 Å². The number of hydrogen-bond donors (Lipinski definition) is 0. The molecule has 0 aliphatic heterocycles. The van der Waals surface area contributed by atoms with Crippen LogP contribution >= 0.6 is 22.6 Å². The molecule has 4 saturated carbocycles. The Morgan fingerprint density at radius 1 is 0.909 bits per heavy atom. The summed E-state index contributed by atoms with van der Waals surface area (Å²) in [6, 6.07) is 0. The SMILES string of the molecule is I[C@H]1C[C@@H]2CCC[C@H]1[C@@H]1C[C@H]21. The maximum atomic E-state index is 2.72. The van der Waals surface area contributed by atoms with Gasteiger partial charge in [0.1, 0.15) is 0 Å². The van der Waals surface area contributed by atoms with E-state index < -0.39 is 0 Å². The average Bonchev–Trinajstić information content (AvgIpc) is 2.65. The van der Waals surface area contributed by atoms with E-state index >= 15 is 0 Å². The van der Waals surface area contributed by atoms with Gasteiger partial charge in [-0.05, 0) is 42.9 Å². The predicted molar refractivity (Wildman–Crippen MR) is 54.9 cm³/mol. The quantitative estimate of drug-likeness (QED) is 0.464. The number of hydrogen-bond acceptors (Lipinski definition) is 0. The number of alkyl halides is 1. The van der Waals surface area contributed by atoms with Gasteiger partial charge in [-0.15, -0.1) is 0 Å². The summed E-state index contributed by atoms with van der Waals surface area (Å²) < 4.78 is 1.05. The molecule has 0 aromatic heterocycles. The molecule has 0 radical (unpaired) electrons. The van der Waals surface area contributed by atoms with E-state index in [4.69, 9.17) is 0 Å². The molecule has 4 aliphatic rings. The lowest BCUT2D eigenvalue weighted by Gasteiger charge is -2.27. The molecule has 11 heavy (non-hydrogen) atoms. The molecule has 0 aromatic carbocycles. The molecule has 0 amide bonds. The molecule has 0 unspecified atom stereocenters. The molecule has 0 aromatic rings. The molecule has 0 spiro atoms. The summed E-state index contributed by atoms with van der Waals surface area (Å²) in [4.78, 5) is 0. The van der Waals surface area contributed by atoms with Crippen molar-refractivity contribution < 1.29 is 0 Å². The zero-order valence-corrected chi connectivity index (χ0v) is 8.96. The van der Waals surface area contributed by atoms with E-state index in [1.807, 2.05) is 0 Å². The van der Waals surface area contributed by atoms with Gasteiger partial charge < -0.3 is 0 Å². The molecular formula is C10H15I. The Morgan fingerprint density at radius 2 is 1.82 bits per heavy atom. The summed E-state index contributed by atoms with van der Waals surface area (Å²) in [6.45, 7) is 0. The molecule has 62 valence electrons. The first-order valence-corrected chi connectivity index (χ1v) is 6.25. The van der Waals surface area contributed by atoms with Crippen LogP contribution in [0.2, 0.25) is 0 Å². The number of rotatable bonds is 0. The fourth-order valence-corrected chi connectivity index (χ4v) is 5.07. The van der Waals surface area contributed by atoms with Gasteiger partial charge in [0.15, 0.2) is 0 Å². The topological polar surface area (TPSA) is 0 Å². The number of halogens is 1. The first-order valence-electron chi connectivity index (χ1n) is 5.00. The van der Waals surface area contributed by atoms with Crippen LogP contribution in [0.5, 0.6) is 0 Å². The standard InChI is InChI=1S/C10H15I/c11-10-4-6-2-1-3-7(10)9-5-8(6)9/h6-10H,1-5H2/t6-,7-,8+,9-,10-/m0/s1. The van der Waals surface area contributed by atoms with Crippen molar-refractivity contribution in [3.63, 3.8) is 0 Å². The van der Waals surface area contributed by atoms with E-state index in [2.05, 4.69) is 22.6 Å². The largest absolute Gasteiger partial charge is 0.0823 e. The average molecular weight is 262 g/mol. The Kier molecular flexibility index (Phi) is 1.54. The van der Waals surface area contributed by atoms with Crippen LogP contribution in [0.15, 0.2) is 0 Å². The second kappa shape index (κ2) is 2.36. The van der Waals surface area contributed by atoms with E-state index in [1.165, 1.54) is 11.8 Å². The Labute approximate surface area is 82.3 Å². The minimum atomic E-state index is 1.05. The Bertz CT molecular complexity index is 176. The Morgan fingerprint density at radius 3 is 2.73 bits per heavy atom. The second-order valence-corrected chi connectivity index (χ2v) is 6.27. The summed E-state index contributed by atoms with van der Waals surface area (Å²) >= 11 is 2.72. The smallest absolute Gasteiger partial charge is 0.0143 e. The number of fused-ring (bicyclic) bond motifs is 3. The van der Waals surface area contributed by atoms with Gasteiger partial charge >= 0.3 is 0 Å². The van der Waals surface area contributed by atoms with E-state index in [9.17, 15) is 0 Å². The highest BCUT2D eigenvalue weighted by atomic mass is 127. The van der Waals surface area contributed by atoms with Gasteiger partial charge in [-0.3, -0.25) is 0 Å². The van der Waals surface area contributed by atoms with Crippen molar-refractivity contribution >= 4 is 22.6 Å². The van der Waals surface area contributed by atoms with Gasteiger partial charge in [0, 0.05) is 3.92 Å². The molecule has 4 rings (SSSR count). The van der Waals surface area contributed by atoms with Gasteiger partial charge in [-0.1, -0.05) is 35.4 Å². The summed E-state index contributed by atoms with van der Waals surface area (Å²) in [6.07, 6.45) is 7.84. The normalized spacial score (nSPS) is 60.3. The Hall–Kier alpha value is 0.730. The third kappa shape index (κ3) is 0.991. The van der Waals surface area contributed by atoms with Gasteiger partial charge in [0.05, 0.1) is 0 Å². The lowest BCUT2D eigenvalue weighted by molar-refractivity contribution is 0.306. The summed E-state index contributed by atoms with van der Waals surface area (Å²) in [5.74, 6) is 4.69. The molecule has 0 saturated heterocycles. The van der Waals surface area contributed by atoms with Gasteiger partial charge in [0.25, 0.3) is 0 Å². The predicted octanol–water partition coefficient (Wildman–Crippen LogP) is 3.25. The van der Waals surface area contributed by atoms with Crippen LogP contribution in [-0.2, 0) is 0 Å². The molecule has 2 bridgehead atoms. The van der Waals surface area contributed by atoms with Crippen molar-refractivity contribution in [2.45, 2.75) is 36.0 Å². The first-order chi connectivity index (χ1) is 5.36. The fraction of sp³-hybridized carbons (Fsp3) is 1.00. The lowest BCUT2D eigenvalue weighted by Crippen LogP contribution is -2.23. The zero-order chi connectivity index (χ0) is 7.42. The van der Waals surface area contributed by atoms with E-state index in [0.29, 0.717) is 0 Å². The van der Waals surface area contributed by atoms with Crippen LogP contribution in [-0.4, -0.2) is 3.92 Å². The summed E-state index contributed by atoms with van der Waals surface area (Å²) in [5.41, 5.74) is 0. The molecule has 4 aliphatic carbocycles. The van der Waals surface area contributed by atoms with E-state index in [0.717, 1.165) is 15.8 Å². The van der Waals surface area contributed by atoms with Crippen molar-refractivity contribution in [1.82, 2.24) is 0 Å². The third-order valence-electron chi connectivity index (χ3n) is 4.15. The van der Waals surface area contributed by atoms with Crippen LogP contribution in [0.4, 0.5) is 0 Å². The molecule has 4 fully saturated rings. The van der Waals surface area contributed by atoms with Crippen LogP contribution in [0.1, 0.15) is 32.1 Å². The lowest BCUT2D eigenvalue weighted by atomic mass is 9.84. The minimum absolute atomic E-state index is 1.05. The maximum absolute atomic E-state index is 2.72. The molecular weight excluding hydrogens is 247 g/mol. The van der Waals surface area contributed by atoms with Gasteiger partial charge in [0.2, 0.25) is 0 Å². The van der Waals surface area contributed by atoms with Crippen molar-refractivity contribution in [2.75, 3.05) is 0 Å². The van der Waals surface area contributed by atoms with Crippen LogP contribution in [0.25, 0.3) is 0 Å². The zero-order valence-electron chi connectivity index (χ0n) is 6.80. The highest BCUT2D eigenvalue weighted by Crippen LogP contribution is 2.61. The van der Waals surface area contributed by atoms with Crippen LogP contribution in [0.3, 0.4) is 0 Å². The fourth-order valence-electron chi connectivity index (χ4n) is 3.52. The van der Waals surface area contributed by atoms with Crippen molar-refractivity contribution in [1.29, 1.82) is 0 Å². The molecule has 0 N–H and O–H groups in total.